The maximum Gasteiger partial charge on any atom is 0.270 e. The van der Waals surface area contributed by atoms with Crippen LogP contribution in [0.25, 0.3) is 17.0 Å². The Kier molecular flexibility index (Phi) is 7.19. The number of rotatable bonds is 10. The van der Waals surface area contributed by atoms with E-state index >= 15 is 0 Å². The van der Waals surface area contributed by atoms with E-state index in [0.717, 1.165) is 18.2 Å². The zero-order valence-electron chi connectivity index (χ0n) is 18.9. The first-order valence-corrected chi connectivity index (χ1v) is 12.1. The molecule has 0 aliphatic heterocycles. The van der Waals surface area contributed by atoms with E-state index in [0.29, 0.717) is 28.5 Å². The third-order valence-electron chi connectivity index (χ3n) is 4.95. The first-order chi connectivity index (χ1) is 17.2. The van der Waals surface area contributed by atoms with Crippen molar-refractivity contribution in [3.63, 3.8) is 0 Å². The van der Waals surface area contributed by atoms with Crippen molar-refractivity contribution in [1.82, 2.24) is 24.5 Å². The van der Waals surface area contributed by atoms with Crippen LogP contribution in [0.4, 0.5) is 5.69 Å². The largest absolute Gasteiger partial charge is 0.497 e. The highest BCUT2D eigenvalue weighted by molar-refractivity contribution is 7.89. The molecule has 2 aromatic carbocycles. The second-order valence-corrected chi connectivity index (χ2v) is 9.29. The highest BCUT2D eigenvalue weighted by atomic mass is 35.5. The van der Waals surface area contributed by atoms with Crippen molar-refractivity contribution in [2.24, 2.45) is 0 Å². The summed E-state index contributed by atoms with van der Waals surface area (Å²) in [5, 5.41) is 23.5. The van der Waals surface area contributed by atoms with E-state index in [1.165, 1.54) is 11.6 Å². The molecule has 36 heavy (non-hydrogen) atoms. The number of non-ortho nitro benzene ring substituents is 1. The predicted molar refractivity (Wildman–Crippen MR) is 128 cm³/mol. The van der Waals surface area contributed by atoms with Gasteiger partial charge in [0, 0.05) is 24.7 Å². The van der Waals surface area contributed by atoms with Gasteiger partial charge in [-0.1, -0.05) is 11.6 Å². The molecule has 2 heterocycles. The average molecular weight is 535 g/mol. The molecule has 15 heteroatoms. The molecule has 0 unspecified atom stereocenters. The lowest BCUT2D eigenvalue weighted by Gasteiger charge is -2.10. The maximum absolute atomic E-state index is 12.6. The standard InChI is InChI=1S/C21H19ClN6O7S/c1-33-14-4-6-17(34-2)15(12-14)21-25-24-19-7-8-20(26-27(19)21)35-10-9-23-36(31,32)18-11-13(28(29)30)3-5-16(18)22/h3-8,11-12,23H,9-10H2,1-2H3. The van der Waals surface area contributed by atoms with Crippen LogP contribution in [0.15, 0.2) is 53.4 Å². The lowest BCUT2D eigenvalue weighted by atomic mass is 10.2. The van der Waals surface area contributed by atoms with Crippen molar-refractivity contribution >= 4 is 33.0 Å². The molecule has 4 aromatic rings. The summed E-state index contributed by atoms with van der Waals surface area (Å²) >= 11 is 5.93. The minimum absolute atomic E-state index is 0.0930. The molecule has 0 saturated heterocycles. The molecule has 0 amide bonds. The summed E-state index contributed by atoms with van der Waals surface area (Å²) in [6.45, 7) is -0.246. The number of ether oxygens (including phenoxy) is 3. The topological polar surface area (TPSA) is 160 Å². The third kappa shape index (κ3) is 5.15. The summed E-state index contributed by atoms with van der Waals surface area (Å²) in [4.78, 5) is 9.85. The first kappa shape index (κ1) is 25.1. The Hall–Kier alpha value is -4.01. The second kappa shape index (κ2) is 10.3. The van der Waals surface area contributed by atoms with Gasteiger partial charge in [0.15, 0.2) is 11.5 Å². The molecular formula is C21H19ClN6O7S. The molecule has 13 nitrogen and oxygen atoms in total. The van der Waals surface area contributed by atoms with Crippen LogP contribution in [0.1, 0.15) is 0 Å². The Bertz CT molecular complexity index is 1540. The molecule has 1 N–H and O–H groups in total. The number of hydrogen-bond acceptors (Lipinski definition) is 10. The van der Waals surface area contributed by atoms with Crippen LogP contribution in [0.3, 0.4) is 0 Å². The Morgan fingerprint density at radius 1 is 1.08 bits per heavy atom. The number of nitro benzene ring substituents is 1. The van der Waals surface area contributed by atoms with E-state index in [1.807, 2.05) is 0 Å². The number of hydrogen-bond donors (Lipinski definition) is 1. The Balaban J connectivity index is 1.49. The van der Waals surface area contributed by atoms with E-state index < -0.39 is 25.5 Å². The van der Waals surface area contributed by atoms with Crippen LogP contribution in [0.2, 0.25) is 5.02 Å². The van der Waals surface area contributed by atoms with E-state index in [-0.39, 0.29) is 24.1 Å². The molecule has 0 bridgehead atoms. The molecule has 4 rings (SSSR count). The highest BCUT2D eigenvalue weighted by Crippen LogP contribution is 2.32. The van der Waals surface area contributed by atoms with Gasteiger partial charge in [-0.15, -0.1) is 15.3 Å². The number of benzene rings is 2. The number of sulfonamides is 1. The minimum atomic E-state index is -4.12. The van der Waals surface area contributed by atoms with Gasteiger partial charge >= 0.3 is 0 Å². The van der Waals surface area contributed by atoms with Crippen LogP contribution < -0.4 is 18.9 Å². The van der Waals surface area contributed by atoms with Crippen LogP contribution in [0, 0.1) is 10.1 Å². The predicted octanol–water partition coefficient (Wildman–Crippen LogP) is 2.73. The Morgan fingerprint density at radius 2 is 1.89 bits per heavy atom. The summed E-state index contributed by atoms with van der Waals surface area (Å²) in [6.07, 6.45) is 0. The van der Waals surface area contributed by atoms with E-state index in [2.05, 4.69) is 20.0 Å². The van der Waals surface area contributed by atoms with Gasteiger partial charge in [0.25, 0.3) is 5.69 Å². The van der Waals surface area contributed by atoms with E-state index in [4.69, 9.17) is 25.8 Å². The van der Waals surface area contributed by atoms with Crippen LogP contribution >= 0.6 is 11.6 Å². The number of nitro groups is 1. The molecule has 0 radical (unpaired) electrons. The van der Waals surface area contributed by atoms with Crippen molar-refractivity contribution in [3.05, 3.63) is 63.7 Å². The van der Waals surface area contributed by atoms with Crippen molar-refractivity contribution in [1.29, 1.82) is 0 Å². The zero-order chi connectivity index (χ0) is 25.9. The number of aromatic nitrogens is 4. The van der Waals surface area contributed by atoms with E-state index in [1.54, 1.807) is 37.4 Å². The van der Waals surface area contributed by atoms with Crippen molar-refractivity contribution < 1.29 is 27.6 Å². The number of fused-ring (bicyclic) bond motifs is 1. The Labute approximate surface area is 209 Å². The molecule has 0 atom stereocenters. The van der Waals surface area contributed by atoms with Crippen molar-refractivity contribution in [2.75, 3.05) is 27.4 Å². The zero-order valence-corrected chi connectivity index (χ0v) is 20.5. The summed E-state index contributed by atoms with van der Waals surface area (Å²) in [7, 11) is -1.06. The number of nitrogens with zero attached hydrogens (tertiary/aromatic N) is 5. The van der Waals surface area contributed by atoms with Gasteiger partial charge < -0.3 is 14.2 Å². The molecular weight excluding hydrogens is 516 g/mol. The van der Waals surface area contributed by atoms with Crippen LogP contribution in [0.5, 0.6) is 17.4 Å². The maximum atomic E-state index is 12.6. The minimum Gasteiger partial charge on any atom is -0.497 e. The smallest absolute Gasteiger partial charge is 0.270 e. The fourth-order valence-corrected chi connectivity index (χ4v) is 4.76. The molecule has 0 aliphatic carbocycles. The van der Waals surface area contributed by atoms with Gasteiger partial charge in [0.05, 0.1) is 29.7 Å². The second-order valence-electron chi connectivity index (χ2n) is 7.15. The van der Waals surface area contributed by atoms with Gasteiger partial charge in [-0.2, -0.15) is 4.52 Å². The van der Waals surface area contributed by atoms with Crippen molar-refractivity contribution in [3.8, 4) is 28.8 Å². The molecule has 0 saturated carbocycles. The third-order valence-corrected chi connectivity index (χ3v) is 6.89. The summed E-state index contributed by atoms with van der Waals surface area (Å²) in [6, 6.07) is 11.6. The highest BCUT2D eigenvalue weighted by Gasteiger charge is 2.21. The molecule has 0 spiro atoms. The summed E-state index contributed by atoms with van der Waals surface area (Å²) in [5.74, 6) is 1.68. The van der Waals surface area contributed by atoms with E-state index in [9.17, 15) is 18.5 Å². The first-order valence-electron chi connectivity index (χ1n) is 10.2. The van der Waals surface area contributed by atoms with Gasteiger partial charge in [-0.25, -0.2) is 13.1 Å². The molecule has 0 aliphatic rings. The van der Waals surface area contributed by atoms with Crippen molar-refractivity contribution in [2.45, 2.75) is 4.90 Å². The number of methoxy groups -OCH3 is 2. The fourth-order valence-electron chi connectivity index (χ4n) is 3.23. The quantitative estimate of drug-likeness (QED) is 0.182. The van der Waals surface area contributed by atoms with Crippen LogP contribution in [-0.2, 0) is 10.0 Å². The molecule has 2 aromatic heterocycles. The normalized spacial score (nSPS) is 11.4. The Morgan fingerprint density at radius 3 is 2.61 bits per heavy atom. The lowest BCUT2D eigenvalue weighted by Crippen LogP contribution is -2.28. The molecule has 188 valence electrons. The van der Waals surface area contributed by atoms with Gasteiger partial charge in [-0.3, -0.25) is 10.1 Å². The molecule has 0 fully saturated rings. The fraction of sp³-hybridized carbons (Fsp3) is 0.190. The van der Waals surface area contributed by atoms with Gasteiger partial charge in [0.1, 0.15) is 23.0 Å². The SMILES string of the molecule is COc1ccc(OC)c(-c2nnc3ccc(OCCNS(=O)(=O)c4cc([N+](=O)[O-])ccc4Cl)nn23)c1. The number of nitrogens with one attached hydrogen (secondary N) is 1. The average Bonchev–Trinajstić information content (AvgIpc) is 3.29. The van der Waals surface area contributed by atoms with Gasteiger partial charge in [-0.05, 0) is 30.3 Å². The summed E-state index contributed by atoms with van der Waals surface area (Å²) < 4.78 is 45.2. The lowest BCUT2D eigenvalue weighted by molar-refractivity contribution is -0.385. The van der Waals surface area contributed by atoms with Gasteiger partial charge in [0.2, 0.25) is 15.9 Å². The monoisotopic (exact) mass is 534 g/mol. The van der Waals surface area contributed by atoms with Crippen LogP contribution in [-0.4, -0.2) is 60.5 Å². The summed E-state index contributed by atoms with van der Waals surface area (Å²) in [5.41, 5.74) is 0.643. The number of halogens is 1.